The summed E-state index contributed by atoms with van der Waals surface area (Å²) in [6, 6.07) is 0. The first-order valence-corrected chi connectivity index (χ1v) is 10.6. The molecule has 1 aliphatic heterocycles. The molecule has 0 aromatic carbocycles. The Morgan fingerprint density at radius 1 is 0.966 bits per heavy atom. The van der Waals surface area contributed by atoms with Crippen LogP contribution in [-0.4, -0.2) is 142 Å². The van der Waals surface area contributed by atoms with Gasteiger partial charge in [-0.15, -0.1) is 0 Å². The predicted octanol–water partition coefficient (Wildman–Crippen LogP) is -0.947. The summed E-state index contributed by atoms with van der Waals surface area (Å²) in [6.07, 6.45) is -0.899. The van der Waals surface area contributed by atoms with Crippen LogP contribution in [0, 0.1) is 0 Å². The van der Waals surface area contributed by atoms with Crippen LogP contribution in [0.3, 0.4) is 0 Å². The Kier molecular flexibility index (Phi) is 13.4. The van der Waals surface area contributed by atoms with Crippen molar-refractivity contribution in [3.05, 3.63) is 0 Å². The molecule has 1 aliphatic rings. The van der Waals surface area contributed by atoms with Crippen molar-refractivity contribution < 1.29 is 29.5 Å². The molecular weight excluding hydrogens is 378 g/mol. The molecule has 0 bridgehead atoms. The lowest BCUT2D eigenvalue weighted by Gasteiger charge is -2.37. The highest BCUT2D eigenvalue weighted by molar-refractivity contribution is 4.87. The first-order chi connectivity index (χ1) is 13.8. The fourth-order valence-corrected chi connectivity index (χ4v) is 3.51. The summed E-state index contributed by atoms with van der Waals surface area (Å²) in [7, 11) is 10.0. The number of rotatable bonds is 15. The van der Waals surface area contributed by atoms with Crippen LogP contribution in [-0.2, 0) is 14.2 Å². The Morgan fingerprint density at radius 2 is 1.55 bits per heavy atom. The van der Waals surface area contributed by atoms with E-state index < -0.39 is 24.4 Å². The number of hydrogen-bond acceptors (Lipinski definition) is 9. The summed E-state index contributed by atoms with van der Waals surface area (Å²) < 4.78 is 16.9. The highest BCUT2D eigenvalue weighted by Crippen LogP contribution is 2.18. The van der Waals surface area contributed by atoms with Crippen molar-refractivity contribution in [2.24, 2.45) is 0 Å². The summed E-state index contributed by atoms with van der Waals surface area (Å²) in [4.78, 5) is 6.71. The van der Waals surface area contributed by atoms with E-state index in [0.717, 1.165) is 39.0 Å². The molecule has 0 aromatic rings. The van der Waals surface area contributed by atoms with Crippen molar-refractivity contribution in [1.29, 1.82) is 0 Å². The van der Waals surface area contributed by atoms with Gasteiger partial charge in [0.25, 0.3) is 0 Å². The fraction of sp³-hybridized carbons (Fsp3) is 1.00. The molecule has 9 heteroatoms. The summed E-state index contributed by atoms with van der Waals surface area (Å²) in [5.41, 5.74) is 0. The Morgan fingerprint density at radius 3 is 2.03 bits per heavy atom. The van der Waals surface area contributed by atoms with Gasteiger partial charge >= 0.3 is 0 Å². The molecule has 4 unspecified atom stereocenters. The smallest absolute Gasteiger partial charge is 0.112 e. The number of aliphatic hydroxyl groups excluding tert-OH is 3. The van der Waals surface area contributed by atoms with Gasteiger partial charge in [-0.1, -0.05) is 0 Å². The molecule has 1 saturated heterocycles. The van der Waals surface area contributed by atoms with E-state index in [9.17, 15) is 10.2 Å². The van der Waals surface area contributed by atoms with Gasteiger partial charge in [-0.3, -0.25) is 4.90 Å². The van der Waals surface area contributed by atoms with Gasteiger partial charge in [0, 0.05) is 26.6 Å². The van der Waals surface area contributed by atoms with Crippen molar-refractivity contribution in [1.82, 2.24) is 14.7 Å². The van der Waals surface area contributed by atoms with Crippen LogP contribution in [0.25, 0.3) is 0 Å². The average Bonchev–Trinajstić information content (AvgIpc) is 2.67. The van der Waals surface area contributed by atoms with E-state index in [1.165, 1.54) is 0 Å². The first-order valence-electron chi connectivity index (χ1n) is 10.6. The van der Waals surface area contributed by atoms with Crippen LogP contribution in [0.15, 0.2) is 0 Å². The molecular formula is C20H43N3O6. The SMILES string of the molecule is COC(CCOC1COC(CO)[C@@H](O)C1O)N(CCCN(C)C)CCCN(C)C. The molecule has 1 rings (SSSR count). The molecule has 3 N–H and O–H groups in total. The minimum Gasteiger partial charge on any atom is -0.394 e. The van der Waals surface area contributed by atoms with Gasteiger partial charge in [-0.05, 0) is 54.1 Å². The van der Waals surface area contributed by atoms with E-state index in [-0.39, 0.29) is 19.4 Å². The molecule has 29 heavy (non-hydrogen) atoms. The molecule has 1 heterocycles. The van der Waals surface area contributed by atoms with Gasteiger partial charge in [0.2, 0.25) is 0 Å². The van der Waals surface area contributed by atoms with Gasteiger partial charge in [0.1, 0.15) is 30.6 Å². The van der Waals surface area contributed by atoms with E-state index in [0.29, 0.717) is 13.0 Å². The second-order valence-electron chi connectivity index (χ2n) is 8.27. The second kappa shape index (κ2) is 14.6. The summed E-state index contributed by atoms with van der Waals surface area (Å²) >= 11 is 0. The summed E-state index contributed by atoms with van der Waals surface area (Å²) in [5, 5.41) is 29.3. The lowest BCUT2D eigenvalue weighted by molar-refractivity contribution is -0.210. The van der Waals surface area contributed by atoms with Gasteiger partial charge in [-0.25, -0.2) is 0 Å². The van der Waals surface area contributed by atoms with Crippen LogP contribution in [0.5, 0.6) is 0 Å². The highest BCUT2D eigenvalue weighted by Gasteiger charge is 2.38. The molecule has 0 radical (unpaired) electrons. The Labute approximate surface area is 176 Å². The molecule has 174 valence electrons. The highest BCUT2D eigenvalue weighted by atomic mass is 16.6. The Hall–Kier alpha value is -0.360. The third-order valence-electron chi connectivity index (χ3n) is 5.24. The maximum Gasteiger partial charge on any atom is 0.112 e. The summed E-state index contributed by atoms with van der Waals surface area (Å²) in [5.74, 6) is 0. The van der Waals surface area contributed by atoms with E-state index in [2.05, 4.69) is 42.9 Å². The van der Waals surface area contributed by atoms with E-state index in [1.807, 2.05) is 0 Å². The van der Waals surface area contributed by atoms with Gasteiger partial charge < -0.3 is 39.3 Å². The van der Waals surface area contributed by atoms with Crippen LogP contribution >= 0.6 is 0 Å². The molecule has 0 amide bonds. The molecule has 9 nitrogen and oxygen atoms in total. The topological polar surface area (TPSA) is 98.1 Å². The van der Waals surface area contributed by atoms with Crippen LogP contribution in [0.2, 0.25) is 0 Å². The minimum absolute atomic E-state index is 0.0731. The van der Waals surface area contributed by atoms with E-state index >= 15 is 0 Å². The lowest BCUT2D eigenvalue weighted by atomic mass is 10.0. The van der Waals surface area contributed by atoms with Gasteiger partial charge in [0.05, 0.1) is 19.8 Å². The normalized spacial score (nSPS) is 26.6. The molecule has 0 aromatic heterocycles. The van der Waals surface area contributed by atoms with E-state index in [1.54, 1.807) is 7.11 Å². The van der Waals surface area contributed by atoms with Gasteiger partial charge in [-0.2, -0.15) is 0 Å². The Bertz CT molecular complexity index is 402. The maximum absolute atomic E-state index is 10.2. The van der Waals surface area contributed by atoms with Gasteiger partial charge in [0.15, 0.2) is 0 Å². The van der Waals surface area contributed by atoms with E-state index in [4.69, 9.17) is 19.3 Å². The molecule has 0 saturated carbocycles. The molecule has 0 spiro atoms. The van der Waals surface area contributed by atoms with Crippen molar-refractivity contribution >= 4 is 0 Å². The fourth-order valence-electron chi connectivity index (χ4n) is 3.51. The van der Waals surface area contributed by atoms with Crippen LogP contribution in [0.1, 0.15) is 19.3 Å². The van der Waals surface area contributed by atoms with Crippen molar-refractivity contribution in [2.75, 3.05) is 81.3 Å². The zero-order chi connectivity index (χ0) is 21.8. The predicted molar refractivity (Wildman–Crippen MR) is 112 cm³/mol. The number of methoxy groups -OCH3 is 1. The molecule has 1 fully saturated rings. The average molecular weight is 422 g/mol. The van der Waals surface area contributed by atoms with Crippen LogP contribution in [0.4, 0.5) is 0 Å². The quantitative estimate of drug-likeness (QED) is 0.289. The van der Waals surface area contributed by atoms with Crippen molar-refractivity contribution in [3.63, 3.8) is 0 Å². The first kappa shape index (κ1) is 26.7. The molecule has 0 aliphatic carbocycles. The standard InChI is InChI=1S/C20H43N3O6/c1-21(2)9-6-11-23(12-7-10-22(3)4)18(27-5)8-13-28-17-15-29-16(14-24)19(25)20(17)26/h16-20,24-26H,6-15H2,1-5H3/t16?,17?,18?,19-,20?/m1/s1. The second-order valence-corrected chi connectivity index (χ2v) is 8.27. The molecule has 5 atom stereocenters. The maximum atomic E-state index is 10.2. The number of nitrogens with zero attached hydrogens (tertiary/aromatic N) is 3. The number of ether oxygens (including phenoxy) is 3. The monoisotopic (exact) mass is 421 g/mol. The zero-order valence-corrected chi connectivity index (χ0v) is 18.9. The minimum atomic E-state index is -1.15. The number of aliphatic hydroxyl groups is 3. The summed E-state index contributed by atoms with van der Waals surface area (Å²) in [6.45, 7) is 4.13. The zero-order valence-electron chi connectivity index (χ0n) is 18.9. The Balaban J connectivity index is 2.51. The number of hydrogen-bond donors (Lipinski definition) is 3. The third-order valence-corrected chi connectivity index (χ3v) is 5.24. The van der Waals surface area contributed by atoms with Crippen molar-refractivity contribution in [3.8, 4) is 0 Å². The largest absolute Gasteiger partial charge is 0.394 e. The lowest BCUT2D eigenvalue weighted by Crippen LogP contribution is -2.55. The van der Waals surface area contributed by atoms with Crippen molar-refractivity contribution in [2.45, 2.75) is 49.9 Å². The van der Waals surface area contributed by atoms with Crippen LogP contribution < -0.4 is 0 Å². The third kappa shape index (κ3) is 9.99.